The van der Waals surface area contributed by atoms with Crippen LogP contribution in [0.3, 0.4) is 0 Å². The first-order valence-corrected chi connectivity index (χ1v) is 15.7. The van der Waals surface area contributed by atoms with E-state index in [-0.39, 0.29) is 34.6 Å². The summed E-state index contributed by atoms with van der Waals surface area (Å²) in [6.45, 7) is 1.99. The van der Waals surface area contributed by atoms with Crippen LogP contribution in [0.4, 0.5) is 22.0 Å². The van der Waals surface area contributed by atoms with E-state index in [1.54, 1.807) is 18.3 Å². The number of para-hydroxylation sites is 1. The first-order chi connectivity index (χ1) is 21.4. The SMILES string of the molecule is CC1(c2c[nH]c(-c3cc(Oc4c(F)c(F)c5[nH]ccc5c4S(C)(=O)=O)ccc3F)n2)CCOc2c(CNCC(F)F)cccc21. The first kappa shape index (κ1) is 30.6. The molecule has 1 unspecified atom stereocenters. The average Bonchev–Trinajstić information content (AvgIpc) is 3.67. The van der Waals surface area contributed by atoms with Gasteiger partial charge in [-0.1, -0.05) is 18.2 Å². The van der Waals surface area contributed by atoms with Crippen molar-refractivity contribution in [2.75, 3.05) is 19.4 Å². The molecule has 3 aromatic carbocycles. The number of imidazole rings is 1. The summed E-state index contributed by atoms with van der Waals surface area (Å²) in [6.07, 6.45) is 1.77. The first-order valence-electron chi connectivity index (χ1n) is 13.8. The van der Waals surface area contributed by atoms with E-state index in [0.29, 0.717) is 30.0 Å². The summed E-state index contributed by atoms with van der Waals surface area (Å²) >= 11 is 0. The Morgan fingerprint density at radius 1 is 1.11 bits per heavy atom. The van der Waals surface area contributed by atoms with Gasteiger partial charge < -0.3 is 24.8 Å². The van der Waals surface area contributed by atoms with Gasteiger partial charge in [-0.05, 0) is 37.6 Å². The van der Waals surface area contributed by atoms with Crippen molar-refractivity contribution in [3.63, 3.8) is 0 Å². The molecule has 0 saturated heterocycles. The van der Waals surface area contributed by atoms with Crippen LogP contribution in [0, 0.1) is 17.5 Å². The minimum Gasteiger partial charge on any atom is -0.493 e. The van der Waals surface area contributed by atoms with Gasteiger partial charge in [0.05, 0.1) is 29.9 Å². The van der Waals surface area contributed by atoms with Crippen molar-refractivity contribution in [1.82, 2.24) is 20.3 Å². The van der Waals surface area contributed by atoms with Crippen molar-refractivity contribution >= 4 is 20.7 Å². The van der Waals surface area contributed by atoms with E-state index in [1.807, 2.05) is 13.0 Å². The molecular weight excluding hydrogens is 619 g/mol. The van der Waals surface area contributed by atoms with E-state index in [9.17, 15) is 21.6 Å². The minimum atomic E-state index is -4.10. The maximum absolute atomic E-state index is 15.2. The number of hydrogen-bond donors (Lipinski definition) is 3. The maximum atomic E-state index is 15.2. The molecule has 0 radical (unpaired) electrons. The summed E-state index contributed by atoms with van der Waals surface area (Å²) in [5, 5.41) is 2.62. The van der Waals surface area contributed by atoms with E-state index >= 15 is 8.78 Å². The van der Waals surface area contributed by atoms with E-state index in [2.05, 4.69) is 20.3 Å². The van der Waals surface area contributed by atoms with Crippen LogP contribution in [-0.4, -0.2) is 49.2 Å². The maximum Gasteiger partial charge on any atom is 0.250 e. The zero-order valence-electron chi connectivity index (χ0n) is 24.0. The molecule has 236 valence electrons. The van der Waals surface area contributed by atoms with Gasteiger partial charge in [-0.15, -0.1) is 0 Å². The van der Waals surface area contributed by atoms with E-state index in [4.69, 9.17) is 9.47 Å². The smallest absolute Gasteiger partial charge is 0.250 e. The Kier molecular flexibility index (Phi) is 7.81. The molecule has 2 aromatic heterocycles. The second kappa shape index (κ2) is 11.5. The molecule has 14 heteroatoms. The number of aromatic nitrogens is 3. The van der Waals surface area contributed by atoms with E-state index < -0.39 is 56.3 Å². The highest BCUT2D eigenvalue weighted by Crippen LogP contribution is 2.45. The minimum absolute atomic E-state index is 0.0657. The third-order valence-corrected chi connectivity index (χ3v) is 9.04. The van der Waals surface area contributed by atoms with Crippen LogP contribution in [0.1, 0.15) is 30.2 Å². The zero-order chi connectivity index (χ0) is 32.1. The van der Waals surface area contributed by atoms with Gasteiger partial charge in [0.25, 0.3) is 6.43 Å². The van der Waals surface area contributed by atoms with Crippen LogP contribution in [0.25, 0.3) is 22.3 Å². The number of ether oxygens (including phenoxy) is 2. The highest BCUT2D eigenvalue weighted by Gasteiger charge is 2.38. The normalized spacial score (nSPS) is 16.6. The van der Waals surface area contributed by atoms with Crippen molar-refractivity contribution in [3.8, 4) is 28.6 Å². The van der Waals surface area contributed by atoms with Crippen molar-refractivity contribution in [2.24, 2.45) is 0 Å². The molecule has 6 rings (SSSR count). The lowest BCUT2D eigenvalue weighted by molar-refractivity contribution is 0.145. The van der Waals surface area contributed by atoms with Crippen LogP contribution in [0.2, 0.25) is 0 Å². The van der Waals surface area contributed by atoms with Gasteiger partial charge in [0, 0.05) is 47.1 Å². The Hall–Kier alpha value is -4.43. The number of sulfone groups is 1. The highest BCUT2D eigenvalue weighted by atomic mass is 32.2. The topological polar surface area (TPSA) is 109 Å². The van der Waals surface area contributed by atoms with Crippen LogP contribution in [-0.2, 0) is 21.8 Å². The third kappa shape index (κ3) is 5.52. The molecule has 3 heterocycles. The van der Waals surface area contributed by atoms with Crippen molar-refractivity contribution < 1.29 is 39.8 Å². The number of nitrogens with zero attached hydrogens (tertiary/aromatic N) is 1. The number of rotatable bonds is 9. The summed E-state index contributed by atoms with van der Waals surface area (Å²) in [4.78, 5) is 9.57. The summed E-state index contributed by atoms with van der Waals surface area (Å²) in [6, 6.07) is 10.2. The fourth-order valence-corrected chi connectivity index (χ4v) is 6.68. The number of halogens is 5. The molecule has 0 amide bonds. The fourth-order valence-electron chi connectivity index (χ4n) is 5.64. The summed E-state index contributed by atoms with van der Waals surface area (Å²) in [5.74, 6) is -3.90. The predicted molar refractivity (Wildman–Crippen MR) is 156 cm³/mol. The Balaban J connectivity index is 1.35. The third-order valence-electron chi connectivity index (χ3n) is 7.89. The van der Waals surface area contributed by atoms with Crippen LogP contribution < -0.4 is 14.8 Å². The summed E-state index contributed by atoms with van der Waals surface area (Å²) in [7, 11) is -4.10. The lowest BCUT2D eigenvalue weighted by atomic mass is 9.75. The Morgan fingerprint density at radius 3 is 2.67 bits per heavy atom. The highest BCUT2D eigenvalue weighted by molar-refractivity contribution is 7.91. The second-order valence-electron chi connectivity index (χ2n) is 10.9. The molecule has 0 saturated carbocycles. The zero-order valence-corrected chi connectivity index (χ0v) is 24.8. The lowest BCUT2D eigenvalue weighted by Gasteiger charge is -2.35. The summed E-state index contributed by atoms with van der Waals surface area (Å²) < 4.78 is 107. The Bertz CT molecular complexity index is 2030. The summed E-state index contributed by atoms with van der Waals surface area (Å²) in [5.41, 5.74) is 0.957. The number of alkyl halides is 2. The Morgan fingerprint density at radius 2 is 1.91 bits per heavy atom. The van der Waals surface area contributed by atoms with Gasteiger partial charge in [0.2, 0.25) is 5.82 Å². The standard InChI is InChI=1S/C31H27F5N4O4S/c1-31(9-11-43-27-16(4-3-5-20(27)31)13-37-15-23(33)34)22-14-39-30(40-22)19-12-17(6-7-21(19)32)44-28-25(36)24(35)26-18(8-10-38-26)29(28)45(2,41)42/h3-8,10,12,14,23,37-38H,9,11,13,15H2,1-2H3,(H,39,40). The second-order valence-corrected chi connectivity index (χ2v) is 12.9. The molecule has 0 spiro atoms. The predicted octanol–water partition coefficient (Wildman–Crippen LogP) is 6.61. The average molecular weight is 647 g/mol. The van der Waals surface area contributed by atoms with Gasteiger partial charge in [0.1, 0.15) is 28.0 Å². The van der Waals surface area contributed by atoms with Gasteiger partial charge >= 0.3 is 0 Å². The Labute approximate surface area is 254 Å². The van der Waals surface area contributed by atoms with Crippen LogP contribution in [0.15, 0.2) is 59.8 Å². The van der Waals surface area contributed by atoms with Gasteiger partial charge in [0.15, 0.2) is 21.4 Å². The van der Waals surface area contributed by atoms with E-state index in [1.165, 1.54) is 18.3 Å². The molecule has 45 heavy (non-hydrogen) atoms. The molecule has 3 N–H and O–H groups in total. The molecule has 1 aliphatic rings. The number of aromatic amines is 2. The molecular formula is C31H27F5N4O4S. The van der Waals surface area contributed by atoms with Gasteiger partial charge in [-0.2, -0.15) is 4.39 Å². The molecule has 1 aliphatic heterocycles. The van der Waals surface area contributed by atoms with Gasteiger partial charge in [-0.25, -0.2) is 31.0 Å². The molecule has 5 aromatic rings. The van der Waals surface area contributed by atoms with Gasteiger partial charge in [-0.3, -0.25) is 0 Å². The molecule has 8 nitrogen and oxygen atoms in total. The molecule has 0 bridgehead atoms. The fraction of sp³-hybridized carbons (Fsp3) is 0.258. The largest absolute Gasteiger partial charge is 0.493 e. The quantitative estimate of drug-likeness (QED) is 0.123. The number of fused-ring (bicyclic) bond motifs is 2. The van der Waals surface area contributed by atoms with Crippen LogP contribution >= 0.6 is 0 Å². The number of benzene rings is 3. The number of H-pyrrole nitrogens is 2. The van der Waals surface area contributed by atoms with Crippen molar-refractivity contribution in [2.45, 2.75) is 36.6 Å². The number of hydrogen-bond acceptors (Lipinski definition) is 6. The van der Waals surface area contributed by atoms with Crippen molar-refractivity contribution in [3.05, 3.63) is 89.1 Å². The molecule has 1 atom stereocenters. The van der Waals surface area contributed by atoms with Crippen molar-refractivity contribution in [1.29, 1.82) is 0 Å². The number of nitrogens with one attached hydrogen (secondary N) is 3. The lowest BCUT2D eigenvalue weighted by Crippen LogP contribution is -2.32. The molecule has 0 fully saturated rings. The molecule has 0 aliphatic carbocycles. The van der Waals surface area contributed by atoms with Crippen LogP contribution in [0.5, 0.6) is 17.2 Å². The van der Waals surface area contributed by atoms with E-state index in [0.717, 1.165) is 24.0 Å². The monoisotopic (exact) mass is 646 g/mol.